The highest BCUT2D eigenvalue weighted by Gasteiger charge is 1.97. The molecule has 0 aliphatic carbocycles. The average Bonchev–Trinajstić information content (AvgIpc) is 2.30. The Labute approximate surface area is 92.1 Å². The van der Waals surface area contributed by atoms with Crippen LogP contribution in [0.4, 0.5) is 0 Å². The van der Waals surface area contributed by atoms with Crippen molar-refractivity contribution in [3.63, 3.8) is 0 Å². The van der Waals surface area contributed by atoms with Crippen LogP contribution in [-0.2, 0) is 0 Å². The van der Waals surface area contributed by atoms with Gasteiger partial charge < -0.3 is 0 Å². The Morgan fingerprint density at radius 1 is 1.27 bits per heavy atom. The zero-order valence-corrected chi connectivity index (χ0v) is 9.24. The Balaban J connectivity index is 2.61. The molecule has 0 bridgehead atoms. The van der Waals surface area contributed by atoms with Crippen LogP contribution in [0.2, 0.25) is 0 Å². The van der Waals surface area contributed by atoms with Gasteiger partial charge in [-0.2, -0.15) is 5.26 Å². The van der Waals surface area contributed by atoms with E-state index < -0.39 is 0 Å². The second-order valence-electron chi connectivity index (χ2n) is 3.59. The molecular weight excluding hydrogens is 182 g/mol. The molecule has 0 N–H and O–H groups in total. The molecule has 0 saturated carbocycles. The van der Waals surface area contributed by atoms with E-state index in [1.54, 1.807) is 0 Å². The third-order valence-corrected chi connectivity index (χ3v) is 2.36. The van der Waals surface area contributed by atoms with Crippen LogP contribution in [0.3, 0.4) is 0 Å². The standard InChI is InChI=1S/C14H17N/c1-2-3-4-6-11-14(12-15)13-9-7-5-8-10-13/h5,7-11H,2-4,6H2,1H3/b14-11-. The van der Waals surface area contributed by atoms with Crippen molar-refractivity contribution in [3.05, 3.63) is 42.0 Å². The number of hydrogen-bond acceptors (Lipinski definition) is 1. The minimum atomic E-state index is 0.798. The first-order valence-corrected chi connectivity index (χ1v) is 5.54. The second kappa shape index (κ2) is 6.84. The van der Waals surface area contributed by atoms with Gasteiger partial charge >= 0.3 is 0 Å². The molecule has 0 radical (unpaired) electrons. The molecular formula is C14H17N. The summed E-state index contributed by atoms with van der Waals surface area (Å²) in [5, 5.41) is 9.02. The van der Waals surface area contributed by atoms with Crippen molar-refractivity contribution in [2.75, 3.05) is 0 Å². The van der Waals surface area contributed by atoms with Gasteiger partial charge in [-0.25, -0.2) is 0 Å². The van der Waals surface area contributed by atoms with Gasteiger partial charge in [0.1, 0.15) is 0 Å². The fraction of sp³-hybridized carbons (Fsp3) is 0.357. The quantitative estimate of drug-likeness (QED) is 0.515. The van der Waals surface area contributed by atoms with Gasteiger partial charge in [0.05, 0.1) is 11.6 Å². The van der Waals surface area contributed by atoms with Gasteiger partial charge in [-0.15, -0.1) is 0 Å². The van der Waals surface area contributed by atoms with E-state index in [1.807, 2.05) is 36.4 Å². The van der Waals surface area contributed by atoms with Crippen LogP contribution in [-0.4, -0.2) is 0 Å². The van der Waals surface area contributed by atoms with Crippen LogP contribution in [0.25, 0.3) is 5.57 Å². The molecule has 0 heterocycles. The Hall–Kier alpha value is -1.55. The molecule has 1 heteroatoms. The topological polar surface area (TPSA) is 23.8 Å². The van der Waals surface area contributed by atoms with Crippen molar-refractivity contribution >= 4 is 5.57 Å². The number of rotatable bonds is 5. The summed E-state index contributed by atoms with van der Waals surface area (Å²) in [4.78, 5) is 0. The molecule has 0 atom stereocenters. The van der Waals surface area contributed by atoms with Gasteiger partial charge in [-0.3, -0.25) is 0 Å². The van der Waals surface area contributed by atoms with Crippen molar-refractivity contribution in [2.45, 2.75) is 32.6 Å². The third kappa shape index (κ3) is 3.99. The van der Waals surface area contributed by atoms with Crippen LogP contribution in [0.5, 0.6) is 0 Å². The number of hydrogen-bond donors (Lipinski definition) is 0. The molecule has 0 aliphatic rings. The van der Waals surface area contributed by atoms with Crippen LogP contribution < -0.4 is 0 Å². The fourth-order valence-electron chi connectivity index (χ4n) is 1.49. The summed E-state index contributed by atoms with van der Waals surface area (Å²) < 4.78 is 0. The summed E-state index contributed by atoms with van der Waals surface area (Å²) in [6.07, 6.45) is 6.69. The summed E-state index contributed by atoms with van der Waals surface area (Å²) in [7, 11) is 0. The van der Waals surface area contributed by atoms with Gasteiger partial charge in [0, 0.05) is 0 Å². The monoisotopic (exact) mass is 199 g/mol. The van der Waals surface area contributed by atoms with Crippen LogP contribution in [0, 0.1) is 11.3 Å². The summed E-state index contributed by atoms with van der Waals surface area (Å²) >= 11 is 0. The molecule has 0 saturated heterocycles. The predicted octanol–water partition coefficient (Wildman–Crippen LogP) is 4.17. The molecule has 1 rings (SSSR count). The van der Waals surface area contributed by atoms with Gasteiger partial charge in [-0.1, -0.05) is 56.2 Å². The first kappa shape index (κ1) is 11.5. The smallest absolute Gasteiger partial charge is 0.0994 e. The first-order valence-electron chi connectivity index (χ1n) is 5.54. The highest BCUT2D eigenvalue weighted by atomic mass is 14.2. The normalized spacial score (nSPS) is 11.1. The zero-order chi connectivity index (χ0) is 10.9. The fourth-order valence-corrected chi connectivity index (χ4v) is 1.49. The highest BCUT2D eigenvalue weighted by molar-refractivity contribution is 5.76. The molecule has 0 aliphatic heterocycles. The summed E-state index contributed by atoms with van der Waals surface area (Å²) in [6, 6.07) is 12.1. The Morgan fingerprint density at radius 3 is 2.60 bits per heavy atom. The number of unbranched alkanes of at least 4 members (excludes halogenated alkanes) is 3. The van der Waals surface area contributed by atoms with Crippen molar-refractivity contribution < 1.29 is 0 Å². The summed E-state index contributed by atoms with van der Waals surface area (Å²) in [5.74, 6) is 0. The molecule has 0 amide bonds. The Bertz CT molecular complexity index is 343. The van der Waals surface area contributed by atoms with E-state index in [9.17, 15) is 0 Å². The number of allylic oxidation sites excluding steroid dienone is 2. The summed E-state index contributed by atoms with van der Waals surface area (Å²) in [5.41, 5.74) is 1.82. The van der Waals surface area contributed by atoms with E-state index >= 15 is 0 Å². The van der Waals surface area contributed by atoms with Crippen molar-refractivity contribution in [2.24, 2.45) is 0 Å². The molecule has 1 aromatic carbocycles. The maximum atomic E-state index is 9.02. The van der Waals surface area contributed by atoms with Crippen molar-refractivity contribution in [1.82, 2.24) is 0 Å². The molecule has 0 aromatic heterocycles. The molecule has 0 fully saturated rings. The number of nitrogens with zero attached hydrogens (tertiary/aromatic N) is 1. The number of nitriles is 1. The minimum Gasteiger partial charge on any atom is -0.192 e. The SMILES string of the molecule is CCCCC/C=C(/C#N)c1ccccc1. The van der Waals surface area contributed by atoms with Gasteiger partial charge in [0.2, 0.25) is 0 Å². The molecule has 0 unspecified atom stereocenters. The van der Waals surface area contributed by atoms with Crippen molar-refractivity contribution in [3.8, 4) is 6.07 Å². The van der Waals surface area contributed by atoms with E-state index in [2.05, 4.69) is 13.0 Å². The highest BCUT2D eigenvalue weighted by Crippen LogP contribution is 2.14. The maximum Gasteiger partial charge on any atom is 0.0994 e. The molecule has 1 aromatic rings. The van der Waals surface area contributed by atoms with Crippen molar-refractivity contribution in [1.29, 1.82) is 5.26 Å². The average molecular weight is 199 g/mol. The van der Waals surface area contributed by atoms with E-state index in [0.29, 0.717) is 0 Å². The van der Waals surface area contributed by atoms with Crippen LogP contribution in [0.15, 0.2) is 36.4 Å². The first-order chi connectivity index (χ1) is 7.38. The van der Waals surface area contributed by atoms with E-state index in [1.165, 1.54) is 19.3 Å². The maximum absolute atomic E-state index is 9.02. The van der Waals surface area contributed by atoms with Crippen LogP contribution >= 0.6 is 0 Å². The number of benzene rings is 1. The van der Waals surface area contributed by atoms with Gasteiger partial charge in [-0.05, 0) is 18.4 Å². The lowest BCUT2D eigenvalue weighted by atomic mass is 10.0. The molecule has 78 valence electrons. The molecule has 15 heavy (non-hydrogen) atoms. The summed E-state index contributed by atoms with van der Waals surface area (Å²) in [6.45, 7) is 2.19. The third-order valence-electron chi connectivity index (χ3n) is 2.36. The second-order valence-corrected chi connectivity index (χ2v) is 3.59. The predicted molar refractivity (Wildman–Crippen MR) is 64.2 cm³/mol. The van der Waals surface area contributed by atoms with E-state index in [4.69, 9.17) is 5.26 Å². The Morgan fingerprint density at radius 2 is 2.00 bits per heavy atom. The van der Waals surface area contributed by atoms with E-state index in [0.717, 1.165) is 17.6 Å². The van der Waals surface area contributed by atoms with E-state index in [-0.39, 0.29) is 0 Å². The largest absolute Gasteiger partial charge is 0.192 e. The minimum absolute atomic E-state index is 0.798. The lowest BCUT2D eigenvalue weighted by Crippen LogP contribution is -1.81. The molecule has 0 spiro atoms. The lowest BCUT2D eigenvalue weighted by Gasteiger charge is -1.98. The molecule has 1 nitrogen and oxygen atoms in total. The van der Waals surface area contributed by atoms with Gasteiger partial charge in [0.15, 0.2) is 0 Å². The van der Waals surface area contributed by atoms with Crippen LogP contribution in [0.1, 0.15) is 38.2 Å². The Kier molecular flexibility index (Phi) is 5.25. The lowest BCUT2D eigenvalue weighted by molar-refractivity contribution is 0.730. The zero-order valence-electron chi connectivity index (χ0n) is 9.24. The van der Waals surface area contributed by atoms with Gasteiger partial charge in [0.25, 0.3) is 0 Å².